The van der Waals surface area contributed by atoms with E-state index in [1.54, 1.807) is 7.11 Å². The van der Waals surface area contributed by atoms with Gasteiger partial charge in [-0.25, -0.2) is 0 Å². The molecule has 0 saturated carbocycles. The molecule has 19 heavy (non-hydrogen) atoms. The molecule has 0 heterocycles. The van der Waals surface area contributed by atoms with Gasteiger partial charge in [-0.05, 0) is 23.3 Å². The first-order valence-electron chi connectivity index (χ1n) is 5.76. The molecule has 0 N–H and O–H groups in total. The third-order valence-electron chi connectivity index (χ3n) is 2.72. The van der Waals surface area contributed by atoms with Gasteiger partial charge in [-0.15, -0.1) is 0 Å². The average Bonchev–Trinajstić information content (AvgIpc) is 2.49. The summed E-state index contributed by atoms with van der Waals surface area (Å²) in [6, 6.07) is 18.9. The molecule has 0 aliphatic rings. The van der Waals surface area contributed by atoms with E-state index in [1.807, 2.05) is 54.6 Å². The zero-order valence-corrected chi connectivity index (χ0v) is 11.2. The maximum absolute atomic E-state index is 9.31. The molecule has 3 heteroatoms. The van der Waals surface area contributed by atoms with E-state index in [0.29, 0.717) is 16.4 Å². The molecule has 0 unspecified atom stereocenters. The molecular formula is C16H12ClNO. The van der Waals surface area contributed by atoms with Gasteiger partial charge in [-0.3, -0.25) is 0 Å². The number of nitrogens with zero attached hydrogens (tertiary/aromatic N) is 1. The minimum Gasteiger partial charge on any atom is -0.497 e. The number of hydrogen-bond donors (Lipinski definition) is 0. The van der Waals surface area contributed by atoms with Crippen molar-refractivity contribution in [2.24, 2.45) is 0 Å². The predicted molar refractivity (Wildman–Crippen MR) is 77.7 cm³/mol. The standard InChI is InChI=1S/C16H12ClNO/c1-19-14-9-5-8-13(10-14)16(17)15(11-18)12-6-3-2-4-7-12/h2-10H,1H3. The highest BCUT2D eigenvalue weighted by Crippen LogP contribution is 2.30. The average molecular weight is 270 g/mol. The van der Waals surface area contributed by atoms with E-state index in [9.17, 15) is 5.26 Å². The zero-order valence-electron chi connectivity index (χ0n) is 10.4. The van der Waals surface area contributed by atoms with E-state index in [4.69, 9.17) is 16.3 Å². The lowest BCUT2D eigenvalue weighted by Gasteiger charge is -2.06. The van der Waals surface area contributed by atoms with Gasteiger partial charge in [0.2, 0.25) is 0 Å². The van der Waals surface area contributed by atoms with E-state index < -0.39 is 0 Å². The summed E-state index contributed by atoms with van der Waals surface area (Å²) in [7, 11) is 1.60. The topological polar surface area (TPSA) is 33.0 Å². The van der Waals surface area contributed by atoms with Crippen LogP contribution in [0.3, 0.4) is 0 Å². The Morgan fingerprint density at radius 2 is 1.74 bits per heavy atom. The summed E-state index contributed by atoms with van der Waals surface area (Å²) in [4.78, 5) is 0. The first kappa shape index (κ1) is 13.2. The maximum Gasteiger partial charge on any atom is 0.119 e. The number of benzene rings is 2. The molecule has 2 aromatic rings. The van der Waals surface area contributed by atoms with E-state index in [1.165, 1.54) is 0 Å². The molecule has 0 aliphatic carbocycles. The molecule has 0 spiro atoms. The Labute approximate surface area is 117 Å². The van der Waals surface area contributed by atoms with Crippen molar-refractivity contribution in [1.82, 2.24) is 0 Å². The van der Waals surface area contributed by atoms with Gasteiger partial charge in [-0.2, -0.15) is 5.26 Å². The lowest BCUT2D eigenvalue weighted by molar-refractivity contribution is 0.414. The predicted octanol–water partition coefficient (Wildman–Crippen LogP) is 4.33. The van der Waals surface area contributed by atoms with Crippen molar-refractivity contribution in [3.63, 3.8) is 0 Å². The second-order valence-electron chi connectivity index (χ2n) is 3.90. The molecule has 0 amide bonds. The molecule has 2 aromatic carbocycles. The van der Waals surface area contributed by atoms with Gasteiger partial charge in [0.05, 0.1) is 17.7 Å². The summed E-state index contributed by atoms with van der Waals surface area (Å²) in [5.41, 5.74) is 2.02. The molecule has 0 bridgehead atoms. The Morgan fingerprint density at radius 3 is 2.37 bits per heavy atom. The first-order valence-corrected chi connectivity index (χ1v) is 6.13. The van der Waals surface area contributed by atoms with Crippen molar-refractivity contribution in [3.8, 4) is 11.8 Å². The van der Waals surface area contributed by atoms with E-state index in [-0.39, 0.29) is 0 Å². The Kier molecular flexibility index (Phi) is 4.22. The van der Waals surface area contributed by atoms with Crippen LogP contribution in [0.25, 0.3) is 10.6 Å². The van der Waals surface area contributed by atoms with Crippen LogP contribution in [0.2, 0.25) is 0 Å². The summed E-state index contributed by atoms with van der Waals surface area (Å²) in [5.74, 6) is 0.709. The SMILES string of the molecule is COc1cccc(C(Cl)=C(C#N)c2ccccc2)c1. The summed E-state index contributed by atoms with van der Waals surface area (Å²) in [5, 5.41) is 9.74. The summed E-state index contributed by atoms with van der Waals surface area (Å²) in [6.07, 6.45) is 0. The van der Waals surface area contributed by atoms with Gasteiger partial charge >= 0.3 is 0 Å². The van der Waals surface area contributed by atoms with E-state index >= 15 is 0 Å². The zero-order chi connectivity index (χ0) is 13.7. The molecular weight excluding hydrogens is 258 g/mol. The number of nitriles is 1. The Balaban J connectivity index is 2.52. The third kappa shape index (κ3) is 2.96. The van der Waals surface area contributed by atoms with Gasteiger partial charge in [0, 0.05) is 0 Å². The fourth-order valence-electron chi connectivity index (χ4n) is 1.75. The minimum atomic E-state index is 0.424. The largest absolute Gasteiger partial charge is 0.497 e. The van der Waals surface area contributed by atoms with Crippen LogP contribution < -0.4 is 4.74 Å². The van der Waals surface area contributed by atoms with Gasteiger partial charge in [0.15, 0.2) is 0 Å². The lowest BCUT2D eigenvalue weighted by Crippen LogP contribution is -1.88. The molecule has 94 valence electrons. The summed E-state index contributed by atoms with van der Waals surface area (Å²) >= 11 is 6.34. The maximum atomic E-state index is 9.31. The van der Waals surface area contributed by atoms with Gasteiger partial charge in [-0.1, -0.05) is 54.1 Å². The molecule has 0 saturated heterocycles. The molecule has 2 rings (SSSR count). The summed E-state index contributed by atoms with van der Waals surface area (Å²) < 4.78 is 5.16. The fraction of sp³-hybridized carbons (Fsp3) is 0.0625. The van der Waals surface area contributed by atoms with Crippen LogP contribution in [-0.2, 0) is 0 Å². The van der Waals surface area contributed by atoms with E-state index in [2.05, 4.69) is 6.07 Å². The van der Waals surface area contributed by atoms with Crippen LogP contribution >= 0.6 is 11.6 Å². The fourth-order valence-corrected chi connectivity index (χ4v) is 2.02. The van der Waals surface area contributed by atoms with Crippen molar-refractivity contribution in [2.75, 3.05) is 7.11 Å². The highest BCUT2D eigenvalue weighted by atomic mass is 35.5. The molecule has 0 aromatic heterocycles. The smallest absolute Gasteiger partial charge is 0.119 e. The Morgan fingerprint density at radius 1 is 1.05 bits per heavy atom. The van der Waals surface area contributed by atoms with Crippen molar-refractivity contribution in [2.45, 2.75) is 0 Å². The van der Waals surface area contributed by atoms with Crippen LogP contribution in [-0.4, -0.2) is 7.11 Å². The number of rotatable bonds is 3. The van der Waals surface area contributed by atoms with Gasteiger partial charge in [0.1, 0.15) is 11.8 Å². The third-order valence-corrected chi connectivity index (χ3v) is 3.12. The van der Waals surface area contributed by atoms with Gasteiger partial charge in [0.25, 0.3) is 0 Å². The number of hydrogen-bond acceptors (Lipinski definition) is 2. The first-order chi connectivity index (χ1) is 9.26. The minimum absolute atomic E-state index is 0.424. The molecule has 0 aliphatic heterocycles. The second kappa shape index (κ2) is 6.08. The van der Waals surface area contributed by atoms with Crippen LogP contribution in [0.15, 0.2) is 54.6 Å². The number of allylic oxidation sites excluding steroid dienone is 1. The van der Waals surface area contributed by atoms with Crippen LogP contribution in [0.1, 0.15) is 11.1 Å². The summed E-state index contributed by atoms with van der Waals surface area (Å²) in [6.45, 7) is 0. The van der Waals surface area contributed by atoms with Crippen LogP contribution in [0.5, 0.6) is 5.75 Å². The van der Waals surface area contributed by atoms with Crippen LogP contribution in [0.4, 0.5) is 0 Å². The number of halogens is 1. The Bertz CT molecular complexity index is 641. The van der Waals surface area contributed by atoms with Crippen LogP contribution in [0, 0.1) is 11.3 Å². The molecule has 0 fully saturated rings. The van der Waals surface area contributed by atoms with E-state index in [0.717, 1.165) is 11.1 Å². The number of methoxy groups -OCH3 is 1. The van der Waals surface area contributed by atoms with Crippen molar-refractivity contribution in [1.29, 1.82) is 5.26 Å². The molecule has 2 nitrogen and oxygen atoms in total. The number of ether oxygens (including phenoxy) is 1. The monoisotopic (exact) mass is 269 g/mol. The molecule has 0 atom stereocenters. The normalized spacial score (nSPS) is 11.4. The molecule has 0 radical (unpaired) electrons. The quantitative estimate of drug-likeness (QED) is 0.614. The van der Waals surface area contributed by atoms with Gasteiger partial charge < -0.3 is 4.74 Å². The van der Waals surface area contributed by atoms with Crippen molar-refractivity contribution >= 4 is 22.2 Å². The lowest BCUT2D eigenvalue weighted by atomic mass is 10.0. The Hall–Kier alpha value is -2.24. The highest BCUT2D eigenvalue weighted by molar-refractivity contribution is 6.53. The van der Waals surface area contributed by atoms with Crippen molar-refractivity contribution < 1.29 is 4.74 Å². The van der Waals surface area contributed by atoms with Crippen molar-refractivity contribution in [3.05, 3.63) is 65.7 Å². The second-order valence-corrected chi connectivity index (χ2v) is 4.28. The highest BCUT2D eigenvalue weighted by Gasteiger charge is 2.09.